The molecule has 0 atom stereocenters. The van der Waals surface area contributed by atoms with Crippen LogP contribution in [0.4, 0.5) is 9.93 Å². The smallest absolute Gasteiger partial charge is 0.261 e. The van der Waals surface area contributed by atoms with Gasteiger partial charge in [-0.25, -0.2) is 10.2 Å². The monoisotopic (exact) mass is 247 g/mol. The maximum atomic E-state index is 11.6. The van der Waals surface area contributed by atoms with Crippen LogP contribution >= 0.6 is 22.9 Å². The fourth-order valence-corrected chi connectivity index (χ4v) is 2.30. The zero-order valence-electron chi connectivity index (χ0n) is 8.10. The average molecular weight is 248 g/mol. The topological polar surface area (TPSA) is 61.4 Å². The summed E-state index contributed by atoms with van der Waals surface area (Å²) in [5.74, 6) is 0.515. The van der Waals surface area contributed by atoms with Crippen molar-refractivity contribution >= 4 is 34.1 Å². The van der Waals surface area contributed by atoms with Crippen LogP contribution in [-0.2, 0) is 6.42 Å². The number of anilines is 1. The molecule has 1 aromatic rings. The van der Waals surface area contributed by atoms with E-state index in [-0.39, 0.29) is 6.03 Å². The van der Waals surface area contributed by atoms with Gasteiger partial charge in [0.25, 0.3) is 0 Å². The van der Waals surface area contributed by atoms with Crippen LogP contribution in [0.5, 0.6) is 0 Å². The van der Waals surface area contributed by atoms with E-state index in [2.05, 4.69) is 15.6 Å². The molecule has 1 aliphatic rings. The molecule has 15 heavy (non-hydrogen) atoms. The lowest BCUT2D eigenvalue weighted by molar-refractivity contribution is 0.217. The van der Waals surface area contributed by atoms with Crippen LogP contribution in [0.3, 0.4) is 0 Å². The minimum absolute atomic E-state index is 0.122. The van der Waals surface area contributed by atoms with Crippen LogP contribution in [0.15, 0.2) is 0 Å². The van der Waals surface area contributed by atoms with E-state index in [1.165, 1.54) is 21.2 Å². The summed E-state index contributed by atoms with van der Waals surface area (Å²) in [6.45, 7) is 0.435. The van der Waals surface area contributed by atoms with Crippen molar-refractivity contribution < 1.29 is 4.79 Å². The Morgan fingerprint density at radius 1 is 1.60 bits per heavy atom. The van der Waals surface area contributed by atoms with Crippen LogP contribution in [-0.4, -0.2) is 40.8 Å². The Hall–Kier alpha value is -0.920. The molecule has 1 fully saturated rings. The summed E-state index contributed by atoms with van der Waals surface area (Å²) in [6.07, 6.45) is 0.685. The Labute approximate surface area is 95.8 Å². The molecule has 1 aromatic heterocycles. The number of aromatic nitrogens is 2. The molecule has 0 unspecified atom stereocenters. The molecule has 0 spiro atoms. The van der Waals surface area contributed by atoms with Crippen LogP contribution in [0.25, 0.3) is 0 Å². The summed E-state index contributed by atoms with van der Waals surface area (Å²) in [7, 11) is 1.67. The first-order chi connectivity index (χ1) is 7.22. The van der Waals surface area contributed by atoms with Crippen LogP contribution in [0.2, 0.25) is 0 Å². The van der Waals surface area contributed by atoms with Gasteiger partial charge in [0.2, 0.25) is 5.13 Å². The number of amides is 2. The van der Waals surface area contributed by atoms with Gasteiger partial charge in [-0.15, -0.1) is 21.8 Å². The van der Waals surface area contributed by atoms with E-state index < -0.39 is 0 Å². The van der Waals surface area contributed by atoms with E-state index in [0.717, 1.165) is 5.01 Å². The molecule has 8 heteroatoms. The summed E-state index contributed by atoms with van der Waals surface area (Å²) in [6, 6.07) is -0.122. The Kier molecular flexibility index (Phi) is 3.03. The number of aryl methyl sites for hydroxylation is 1. The Bertz CT molecular complexity index is 370. The number of rotatable bonds is 3. The number of nitrogens with zero attached hydrogens (tertiary/aromatic N) is 4. The van der Waals surface area contributed by atoms with E-state index in [1.807, 2.05) is 0 Å². The van der Waals surface area contributed by atoms with Gasteiger partial charge in [-0.05, 0) is 0 Å². The van der Waals surface area contributed by atoms with Crippen molar-refractivity contribution in [3.8, 4) is 0 Å². The second kappa shape index (κ2) is 4.30. The summed E-state index contributed by atoms with van der Waals surface area (Å²) in [5.41, 5.74) is 2.88. The van der Waals surface area contributed by atoms with Gasteiger partial charge >= 0.3 is 6.03 Å². The third kappa shape index (κ3) is 2.04. The van der Waals surface area contributed by atoms with Crippen molar-refractivity contribution in [2.24, 2.45) is 0 Å². The second-order valence-corrected chi connectivity index (χ2v) is 4.42. The predicted molar refractivity (Wildman–Crippen MR) is 58.0 cm³/mol. The highest BCUT2D eigenvalue weighted by molar-refractivity contribution is 7.15. The van der Waals surface area contributed by atoms with Gasteiger partial charge in [0.1, 0.15) is 5.01 Å². The zero-order chi connectivity index (χ0) is 10.8. The summed E-state index contributed by atoms with van der Waals surface area (Å²) in [4.78, 5) is 13.1. The highest BCUT2D eigenvalue weighted by Gasteiger charge is 2.28. The van der Waals surface area contributed by atoms with Crippen LogP contribution in [0.1, 0.15) is 5.01 Å². The van der Waals surface area contributed by atoms with Crippen molar-refractivity contribution in [3.63, 3.8) is 0 Å². The molecule has 1 saturated heterocycles. The molecule has 0 radical (unpaired) electrons. The lowest BCUT2D eigenvalue weighted by Crippen LogP contribution is -2.31. The van der Waals surface area contributed by atoms with E-state index in [4.69, 9.17) is 11.6 Å². The van der Waals surface area contributed by atoms with Gasteiger partial charge in [-0.1, -0.05) is 11.3 Å². The molecular weight excluding hydrogens is 238 g/mol. The van der Waals surface area contributed by atoms with Crippen LogP contribution in [0, 0.1) is 0 Å². The van der Waals surface area contributed by atoms with Crippen molar-refractivity contribution in [1.29, 1.82) is 0 Å². The molecular formula is C7H10ClN5OS. The van der Waals surface area contributed by atoms with Gasteiger partial charge in [0, 0.05) is 19.3 Å². The number of carbonyl (C=O) groups excluding carboxylic acids is 1. The summed E-state index contributed by atoms with van der Waals surface area (Å²) < 4.78 is 0. The lowest BCUT2D eigenvalue weighted by atomic mass is 10.5. The Morgan fingerprint density at radius 3 is 3.00 bits per heavy atom. The number of halogens is 1. The van der Waals surface area contributed by atoms with Gasteiger partial charge in [-0.3, -0.25) is 9.91 Å². The maximum absolute atomic E-state index is 11.6. The number of nitrogens with one attached hydrogen (secondary N) is 1. The summed E-state index contributed by atoms with van der Waals surface area (Å²) in [5, 5.41) is 10.8. The van der Waals surface area contributed by atoms with E-state index in [1.54, 1.807) is 7.05 Å². The van der Waals surface area contributed by atoms with Crippen molar-refractivity contribution in [1.82, 2.24) is 20.6 Å². The third-order valence-corrected chi connectivity index (χ3v) is 3.17. The van der Waals surface area contributed by atoms with Crippen molar-refractivity contribution in [2.75, 3.05) is 24.5 Å². The number of hydrogen-bond donors (Lipinski definition) is 1. The van der Waals surface area contributed by atoms with Gasteiger partial charge in [-0.2, -0.15) is 0 Å². The van der Waals surface area contributed by atoms with Crippen molar-refractivity contribution in [3.05, 3.63) is 5.01 Å². The molecule has 2 amide bonds. The molecule has 0 aliphatic carbocycles. The SMILES string of the molecule is CN1NCN(c2nnc(CCCl)s2)C1=O. The minimum Gasteiger partial charge on any atom is -0.261 e. The maximum Gasteiger partial charge on any atom is 0.341 e. The lowest BCUT2D eigenvalue weighted by Gasteiger charge is -2.08. The summed E-state index contributed by atoms with van der Waals surface area (Å²) >= 11 is 6.99. The first-order valence-electron chi connectivity index (χ1n) is 4.39. The van der Waals surface area contributed by atoms with E-state index >= 15 is 0 Å². The fourth-order valence-electron chi connectivity index (χ4n) is 1.18. The van der Waals surface area contributed by atoms with Gasteiger partial charge in [0.15, 0.2) is 0 Å². The van der Waals surface area contributed by atoms with Gasteiger partial charge < -0.3 is 0 Å². The second-order valence-electron chi connectivity index (χ2n) is 3.00. The third-order valence-electron chi connectivity index (χ3n) is 1.98. The molecule has 6 nitrogen and oxygen atoms in total. The highest BCUT2D eigenvalue weighted by Crippen LogP contribution is 2.22. The standard InChI is InChI=1S/C7H10ClN5OS/c1-12-7(14)13(4-9-12)6-11-10-5(15-6)2-3-8/h9H,2-4H2,1H3. The molecule has 0 aromatic carbocycles. The molecule has 2 rings (SSSR count). The predicted octanol–water partition coefficient (Wildman–Crippen LogP) is 0.653. The molecule has 0 bridgehead atoms. The Balaban J connectivity index is 2.12. The van der Waals surface area contributed by atoms with Crippen molar-refractivity contribution in [2.45, 2.75) is 6.42 Å². The quantitative estimate of drug-likeness (QED) is 0.797. The molecule has 82 valence electrons. The normalized spacial score (nSPS) is 16.5. The van der Waals surface area contributed by atoms with E-state index in [0.29, 0.717) is 24.1 Å². The first kappa shape index (κ1) is 10.6. The Morgan fingerprint density at radius 2 is 2.40 bits per heavy atom. The minimum atomic E-state index is -0.122. The van der Waals surface area contributed by atoms with Gasteiger partial charge in [0.05, 0.1) is 6.67 Å². The average Bonchev–Trinajstić information content (AvgIpc) is 2.77. The molecule has 1 N–H and O–H groups in total. The molecule has 1 aliphatic heterocycles. The molecule has 0 saturated carbocycles. The fraction of sp³-hybridized carbons (Fsp3) is 0.571. The number of alkyl halides is 1. The van der Waals surface area contributed by atoms with E-state index in [9.17, 15) is 4.79 Å². The number of carbonyl (C=O) groups is 1. The number of hydrazine groups is 1. The number of urea groups is 1. The zero-order valence-corrected chi connectivity index (χ0v) is 9.68. The largest absolute Gasteiger partial charge is 0.341 e. The first-order valence-corrected chi connectivity index (χ1v) is 5.74. The highest BCUT2D eigenvalue weighted by atomic mass is 35.5. The van der Waals surface area contributed by atoms with Crippen LogP contribution < -0.4 is 10.3 Å². The molecule has 2 heterocycles. The number of hydrogen-bond acceptors (Lipinski definition) is 5.